The molecule has 0 aliphatic heterocycles. The first kappa shape index (κ1) is 22.7. The number of aryl methyl sites for hydroxylation is 2. The minimum atomic E-state index is -0.0730. The van der Waals surface area contributed by atoms with Crippen LogP contribution in [0.4, 0.5) is 0 Å². The van der Waals surface area contributed by atoms with Crippen molar-refractivity contribution in [3.8, 4) is 0 Å². The summed E-state index contributed by atoms with van der Waals surface area (Å²) in [6, 6.07) is 0.276. The molecule has 0 aromatic carbocycles. The molecular formula is C22H41N5O. The highest BCUT2D eigenvalue weighted by molar-refractivity contribution is 5.80. The van der Waals surface area contributed by atoms with Crippen LogP contribution in [-0.4, -0.2) is 47.1 Å². The fraction of sp³-hybridized carbons (Fsp3) is 0.818. The number of hydrogen-bond acceptors (Lipinski definition) is 3. The lowest BCUT2D eigenvalue weighted by atomic mass is 9.84. The number of aliphatic imine (C=N–C) groups is 1. The summed E-state index contributed by atoms with van der Waals surface area (Å²) < 4.78 is 8.28. The first-order chi connectivity index (χ1) is 13.4. The summed E-state index contributed by atoms with van der Waals surface area (Å²) in [4.78, 5) is 4.94. The molecule has 6 nitrogen and oxygen atoms in total. The van der Waals surface area contributed by atoms with Crippen LogP contribution in [0.1, 0.15) is 76.2 Å². The Balaban J connectivity index is 2.03. The molecule has 160 valence electrons. The molecule has 1 fully saturated rings. The van der Waals surface area contributed by atoms with Gasteiger partial charge in [-0.15, -0.1) is 0 Å². The van der Waals surface area contributed by atoms with Gasteiger partial charge in [0.25, 0.3) is 0 Å². The van der Waals surface area contributed by atoms with E-state index in [1.54, 1.807) is 0 Å². The zero-order valence-corrected chi connectivity index (χ0v) is 18.9. The Morgan fingerprint density at radius 3 is 2.54 bits per heavy atom. The number of rotatable bonds is 9. The van der Waals surface area contributed by atoms with Crippen molar-refractivity contribution in [3.05, 3.63) is 17.0 Å². The van der Waals surface area contributed by atoms with E-state index in [4.69, 9.17) is 9.73 Å². The van der Waals surface area contributed by atoms with E-state index in [9.17, 15) is 0 Å². The number of aromatic nitrogens is 2. The van der Waals surface area contributed by atoms with Gasteiger partial charge < -0.3 is 15.4 Å². The number of nitrogens with zero attached hydrogens (tertiary/aromatic N) is 3. The lowest BCUT2D eigenvalue weighted by Gasteiger charge is -2.36. The highest BCUT2D eigenvalue weighted by atomic mass is 16.5. The van der Waals surface area contributed by atoms with Gasteiger partial charge in [0.1, 0.15) is 0 Å². The van der Waals surface area contributed by atoms with Gasteiger partial charge in [0.2, 0.25) is 0 Å². The smallest absolute Gasteiger partial charge is 0.191 e. The van der Waals surface area contributed by atoms with E-state index in [0.717, 1.165) is 57.0 Å². The summed E-state index contributed by atoms with van der Waals surface area (Å²) >= 11 is 0. The van der Waals surface area contributed by atoms with Crippen molar-refractivity contribution in [2.24, 2.45) is 12.0 Å². The van der Waals surface area contributed by atoms with Gasteiger partial charge in [0.05, 0.1) is 17.8 Å². The zero-order valence-electron chi connectivity index (χ0n) is 18.9. The molecule has 1 unspecified atom stereocenters. The van der Waals surface area contributed by atoms with Crippen molar-refractivity contribution in [2.75, 3.05) is 19.7 Å². The van der Waals surface area contributed by atoms with Gasteiger partial charge in [-0.3, -0.25) is 9.67 Å². The second-order valence-corrected chi connectivity index (χ2v) is 8.31. The normalized spacial score (nSPS) is 18.1. The fourth-order valence-electron chi connectivity index (χ4n) is 4.11. The van der Waals surface area contributed by atoms with Crippen molar-refractivity contribution < 1.29 is 4.74 Å². The van der Waals surface area contributed by atoms with E-state index in [2.05, 4.69) is 50.4 Å². The van der Waals surface area contributed by atoms with Crippen molar-refractivity contribution >= 4 is 5.96 Å². The molecule has 0 amide bonds. The van der Waals surface area contributed by atoms with Crippen molar-refractivity contribution in [2.45, 2.75) is 91.2 Å². The van der Waals surface area contributed by atoms with E-state index in [0.29, 0.717) is 0 Å². The predicted octanol–water partition coefficient (Wildman–Crippen LogP) is 3.65. The molecule has 0 spiro atoms. The minimum absolute atomic E-state index is 0.0730. The molecule has 0 saturated heterocycles. The second kappa shape index (κ2) is 10.8. The average molecular weight is 392 g/mol. The average Bonchev–Trinajstić information content (AvgIpc) is 2.91. The van der Waals surface area contributed by atoms with E-state index in [1.165, 1.54) is 30.5 Å². The summed E-state index contributed by atoms with van der Waals surface area (Å²) in [6.45, 7) is 13.1. The van der Waals surface area contributed by atoms with E-state index in [-0.39, 0.29) is 11.6 Å². The number of nitrogens with one attached hydrogen (secondary N) is 2. The number of ether oxygens (including phenoxy) is 1. The van der Waals surface area contributed by atoms with Crippen LogP contribution in [-0.2, 0) is 18.2 Å². The van der Waals surface area contributed by atoms with Gasteiger partial charge in [0, 0.05) is 31.9 Å². The topological polar surface area (TPSA) is 63.5 Å². The van der Waals surface area contributed by atoms with Crippen LogP contribution in [0.15, 0.2) is 4.99 Å². The van der Waals surface area contributed by atoms with Crippen molar-refractivity contribution in [3.63, 3.8) is 0 Å². The Bertz CT molecular complexity index is 631. The predicted molar refractivity (Wildman–Crippen MR) is 117 cm³/mol. The molecule has 1 aromatic rings. The Labute approximate surface area is 171 Å². The van der Waals surface area contributed by atoms with Crippen LogP contribution in [0.25, 0.3) is 0 Å². The lowest BCUT2D eigenvalue weighted by molar-refractivity contribution is -0.0624. The molecule has 0 radical (unpaired) electrons. The van der Waals surface area contributed by atoms with E-state index >= 15 is 0 Å². The zero-order chi connectivity index (χ0) is 20.6. The summed E-state index contributed by atoms with van der Waals surface area (Å²) in [6.07, 6.45) is 8.07. The Morgan fingerprint density at radius 2 is 1.96 bits per heavy atom. The van der Waals surface area contributed by atoms with Gasteiger partial charge in [0.15, 0.2) is 5.96 Å². The van der Waals surface area contributed by atoms with Crippen LogP contribution in [0, 0.1) is 13.8 Å². The summed E-state index contributed by atoms with van der Waals surface area (Å²) in [5.41, 5.74) is 3.61. The van der Waals surface area contributed by atoms with Crippen LogP contribution in [0.2, 0.25) is 0 Å². The molecule has 0 bridgehead atoms. The number of guanidine groups is 1. The molecular weight excluding hydrogens is 350 g/mol. The van der Waals surface area contributed by atoms with Crippen LogP contribution in [0.5, 0.6) is 0 Å². The highest BCUT2D eigenvalue weighted by Crippen LogP contribution is 2.32. The SMILES string of the molecule is CCCOC1(CN=C(NCC)NC(C)Cc2c(C)nn(C)c2C)CCCCC1. The highest BCUT2D eigenvalue weighted by Gasteiger charge is 2.32. The van der Waals surface area contributed by atoms with Crippen molar-refractivity contribution in [1.29, 1.82) is 0 Å². The molecule has 2 N–H and O–H groups in total. The minimum Gasteiger partial charge on any atom is -0.373 e. The molecule has 2 rings (SSSR count). The summed E-state index contributed by atoms with van der Waals surface area (Å²) in [5.74, 6) is 0.888. The molecule has 6 heteroatoms. The number of hydrogen-bond donors (Lipinski definition) is 2. The lowest BCUT2D eigenvalue weighted by Crippen LogP contribution is -2.45. The Hall–Kier alpha value is -1.56. The first-order valence-electron chi connectivity index (χ1n) is 11.1. The fourth-order valence-corrected chi connectivity index (χ4v) is 4.11. The molecule has 1 aliphatic rings. The maximum atomic E-state index is 6.31. The summed E-state index contributed by atoms with van der Waals surface area (Å²) in [7, 11) is 2.01. The largest absolute Gasteiger partial charge is 0.373 e. The maximum Gasteiger partial charge on any atom is 0.191 e. The summed E-state index contributed by atoms with van der Waals surface area (Å²) in [5, 5.41) is 11.5. The standard InChI is InChI=1S/C22H41N5O/c1-7-14-28-22(12-10-9-11-13-22)16-24-21(23-8-2)25-17(3)15-20-18(4)26-27(6)19(20)5/h17H,7-16H2,1-6H3,(H2,23,24,25). The van der Waals surface area contributed by atoms with E-state index in [1.807, 2.05) is 11.7 Å². The maximum absolute atomic E-state index is 6.31. The van der Waals surface area contributed by atoms with Crippen LogP contribution in [0.3, 0.4) is 0 Å². The van der Waals surface area contributed by atoms with Gasteiger partial charge >= 0.3 is 0 Å². The van der Waals surface area contributed by atoms with E-state index < -0.39 is 0 Å². The van der Waals surface area contributed by atoms with Gasteiger partial charge in [-0.2, -0.15) is 5.10 Å². The Morgan fingerprint density at radius 1 is 1.25 bits per heavy atom. The molecule has 1 aromatic heterocycles. The third-order valence-corrected chi connectivity index (χ3v) is 5.80. The molecule has 1 atom stereocenters. The van der Waals surface area contributed by atoms with Gasteiger partial charge in [-0.1, -0.05) is 26.2 Å². The first-order valence-corrected chi connectivity index (χ1v) is 11.1. The third kappa shape index (κ3) is 6.23. The van der Waals surface area contributed by atoms with Crippen molar-refractivity contribution in [1.82, 2.24) is 20.4 Å². The molecule has 28 heavy (non-hydrogen) atoms. The van der Waals surface area contributed by atoms with Crippen LogP contribution >= 0.6 is 0 Å². The van der Waals surface area contributed by atoms with Crippen LogP contribution < -0.4 is 10.6 Å². The Kier molecular flexibility index (Phi) is 8.80. The second-order valence-electron chi connectivity index (χ2n) is 8.31. The van der Waals surface area contributed by atoms with Gasteiger partial charge in [-0.25, -0.2) is 0 Å². The monoisotopic (exact) mass is 391 g/mol. The molecule has 1 saturated carbocycles. The quantitative estimate of drug-likeness (QED) is 0.498. The van der Waals surface area contributed by atoms with Gasteiger partial charge in [-0.05, 0) is 58.9 Å². The third-order valence-electron chi connectivity index (χ3n) is 5.80. The molecule has 1 heterocycles. The molecule has 1 aliphatic carbocycles.